The van der Waals surface area contributed by atoms with Gasteiger partial charge in [0.1, 0.15) is 11.7 Å². The topological polar surface area (TPSA) is 76.0 Å². The quantitative estimate of drug-likeness (QED) is 0.802. The molecule has 23 heavy (non-hydrogen) atoms. The first-order chi connectivity index (χ1) is 10.4. The zero-order chi connectivity index (χ0) is 18.0. The molecule has 5 nitrogen and oxygen atoms in total. The summed E-state index contributed by atoms with van der Waals surface area (Å²) < 4.78 is 4.84. The lowest BCUT2D eigenvalue weighted by Gasteiger charge is -2.38. The number of hydrogen-bond acceptors (Lipinski definition) is 5. The SMILES string of the molecule is CCCC(=O)C1=C(O)[C@H](C(=O)OC)C(C)(C)CC1=NC(C)(C)C. The number of aliphatic hydroxyl groups is 1. The zero-order valence-electron chi connectivity index (χ0n) is 15.3. The molecule has 0 heterocycles. The van der Waals surface area contributed by atoms with Crippen LogP contribution in [0.5, 0.6) is 0 Å². The third-order valence-electron chi connectivity index (χ3n) is 3.89. The van der Waals surface area contributed by atoms with Gasteiger partial charge in [-0.3, -0.25) is 14.6 Å². The number of aliphatic imine (C=N–C) groups is 1. The number of ether oxygens (including phenoxy) is 1. The lowest BCUT2D eigenvalue weighted by Crippen LogP contribution is -2.42. The van der Waals surface area contributed by atoms with Gasteiger partial charge < -0.3 is 9.84 Å². The first-order valence-corrected chi connectivity index (χ1v) is 8.08. The van der Waals surface area contributed by atoms with Crippen molar-refractivity contribution in [1.82, 2.24) is 0 Å². The van der Waals surface area contributed by atoms with Gasteiger partial charge in [-0.25, -0.2) is 0 Å². The Morgan fingerprint density at radius 3 is 2.35 bits per heavy atom. The van der Waals surface area contributed by atoms with Crippen LogP contribution in [-0.2, 0) is 14.3 Å². The minimum absolute atomic E-state index is 0.169. The molecule has 0 fully saturated rings. The van der Waals surface area contributed by atoms with Crippen LogP contribution in [0.15, 0.2) is 16.3 Å². The molecule has 0 amide bonds. The first-order valence-electron chi connectivity index (χ1n) is 8.08. The smallest absolute Gasteiger partial charge is 0.316 e. The van der Waals surface area contributed by atoms with Gasteiger partial charge in [-0.2, -0.15) is 0 Å². The highest BCUT2D eigenvalue weighted by molar-refractivity contribution is 6.24. The Kier molecular flexibility index (Phi) is 5.78. The summed E-state index contributed by atoms with van der Waals surface area (Å²) in [6.45, 7) is 11.5. The van der Waals surface area contributed by atoms with Crippen LogP contribution in [0.2, 0.25) is 0 Å². The number of carbonyl (C=O) groups is 2. The summed E-state index contributed by atoms with van der Waals surface area (Å²) >= 11 is 0. The van der Waals surface area contributed by atoms with Gasteiger partial charge in [0.05, 0.1) is 23.9 Å². The standard InChI is InChI=1S/C18H29NO4/c1-8-9-12(20)13-11(19-17(2,3)4)10-18(5,6)14(15(13)21)16(22)23-7/h14,21H,8-10H2,1-7H3/t14-/m1/s1. The monoisotopic (exact) mass is 323 g/mol. The Hall–Kier alpha value is -1.65. The molecule has 1 N–H and O–H groups in total. The zero-order valence-corrected chi connectivity index (χ0v) is 15.3. The largest absolute Gasteiger partial charge is 0.511 e. The summed E-state index contributed by atoms with van der Waals surface area (Å²) in [5.41, 5.74) is -0.159. The number of allylic oxidation sites excluding steroid dienone is 1. The maximum Gasteiger partial charge on any atom is 0.316 e. The molecule has 1 atom stereocenters. The van der Waals surface area contributed by atoms with Crippen molar-refractivity contribution in [3.05, 3.63) is 11.3 Å². The molecule has 0 spiro atoms. The van der Waals surface area contributed by atoms with E-state index in [0.29, 0.717) is 25.0 Å². The van der Waals surface area contributed by atoms with Crippen molar-refractivity contribution in [1.29, 1.82) is 0 Å². The van der Waals surface area contributed by atoms with E-state index in [1.807, 2.05) is 41.5 Å². The summed E-state index contributed by atoms with van der Waals surface area (Å²) in [6, 6.07) is 0. The van der Waals surface area contributed by atoms with Gasteiger partial charge >= 0.3 is 5.97 Å². The molecule has 0 radical (unpaired) electrons. The van der Waals surface area contributed by atoms with Crippen molar-refractivity contribution in [3.63, 3.8) is 0 Å². The van der Waals surface area contributed by atoms with Crippen molar-refractivity contribution in [2.24, 2.45) is 16.3 Å². The molecule has 0 aliphatic heterocycles. The number of Topliss-reactive ketones (excluding diaryl/α,β-unsaturated/α-hetero) is 1. The number of carbonyl (C=O) groups excluding carboxylic acids is 2. The van der Waals surface area contributed by atoms with E-state index in [4.69, 9.17) is 4.74 Å². The third kappa shape index (κ3) is 4.43. The van der Waals surface area contributed by atoms with Gasteiger partial charge in [0.25, 0.3) is 0 Å². The normalized spacial score (nSPS) is 23.1. The van der Waals surface area contributed by atoms with Gasteiger partial charge in [-0.05, 0) is 39.0 Å². The van der Waals surface area contributed by atoms with E-state index in [9.17, 15) is 14.7 Å². The van der Waals surface area contributed by atoms with Crippen LogP contribution in [0.4, 0.5) is 0 Å². The molecule has 0 saturated carbocycles. The van der Waals surface area contributed by atoms with Crippen molar-refractivity contribution < 1.29 is 19.4 Å². The van der Waals surface area contributed by atoms with Crippen LogP contribution in [-0.4, -0.2) is 35.2 Å². The van der Waals surface area contributed by atoms with Gasteiger partial charge in [0.2, 0.25) is 0 Å². The summed E-state index contributed by atoms with van der Waals surface area (Å²) in [5.74, 6) is -1.74. The van der Waals surface area contributed by atoms with E-state index < -0.39 is 17.3 Å². The van der Waals surface area contributed by atoms with Crippen LogP contribution >= 0.6 is 0 Å². The van der Waals surface area contributed by atoms with E-state index in [0.717, 1.165) is 0 Å². The maximum atomic E-state index is 12.5. The fraction of sp³-hybridized carbons (Fsp3) is 0.722. The highest BCUT2D eigenvalue weighted by Crippen LogP contribution is 2.43. The maximum absolute atomic E-state index is 12.5. The van der Waals surface area contributed by atoms with Crippen molar-refractivity contribution >= 4 is 17.5 Å². The Morgan fingerprint density at radius 2 is 1.91 bits per heavy atom. The van der Waals surface area contributed by atoms with Gasteiger partial charge in [0, 0.05) is 6.42 Å². The lowest BCUT2D eigenvalue weighted by molar-refractivity contribution is -0.149. The van der Waals surface area contributed by atoms with E-state index in [1.54, 1.807) is 0 Å². The van der Waals surface area contributed by atoms with Crippen LogP contribution < -0.4 is 0 Å². The Bertz CT molecular complexity index is 550. The number of esters is 1. The number of rotatable bonds is 4. The van der Waals surface area contributed by atoms with E-state index >= 15 is 0 Å². The summed E-state index contributed by atoms with van der Waals surface area (Å²) in [7, 11) is 1.29. The van der Waals surface area contributed by atoms with Crippen molar-refractivity contribution in [2.75, 3.05) is 7.11 Å². The summed E-state index contributed by atoms with van der Waals surface area (Å²) in [5, 5.41) is 10.7. The van der Waals surface area contributed by atoms with Gasteiger partial charge in [-0.1, -0.05) is 20.8 Å². The molecule has 0 saturated heterocycles. The fourth-order valence-corrected chi connectivity index (χ4v) is 2.99. The average molecular weight is 323 g/mol. The summed E-state index contributed by atoms with van der Waals surface area (Å²) in [6.07, 6.45) is 1.43. The molecule has 0 bridgehead atoms. The number of methoxy groups -OCH3 is 1. The molecule has 0 unspecified atom stereocenters. The fourth-order valence-electron chi connectivity index (χ4n) is 2.99. The molecule has 0 aromatic heterocycles. The minimum atomic E-state index is -0.845. The van der Waals surface area contributed by atoms with Crippen molar-refractivity contribution in [3.8, 4) is 0 Å². The number of hydrogen-bond donors (Lipinski definition) is 1. The second kappa shape index (κ2) is 6.85. The molecule has 0 aromatic carbocycles. The van der Waals surface area contributed by atoms with Crippen LogP contribution in [0.1, 0.15) is 60.8 Å². The predicted octanol–water partition coefficient (Wildman–Crippen LogP) is 3.63. The summed E-state index contributed by atoms with van der Waals surface area (Å²) in [4.78, 5) is 29.3. The van der Waals surface area contributed by atoms with E-state index in [2.05, 4.69) is 4.99 Å². The number of ketones is 1. The van der Waals surface area contributed by atoms with Gasteiger partial charge in [-0.15, -0.1) is 0 Å². The second-order valence-electron chi connectivity index (χ2n) is 7.78. The molecule has 0 aromatic rings. The molecule has 1 aliphatic rings. The van der Waals surface area contributed by atoms with Crippen LogP contribution in [0, 0.1) is 11.3 Å². The highest BCUT2D eigenvalue weighted by Gasteiger charge is 2.47. The Morgan fingerprint density at radius 1 is 1.35 bits per heavy atom. The molecule has 130 valence electrons. The Labute approximate surface area is 138 Å². The van der Waals surface area contributed by atoms with Crippen LogP contribution in [0.3, 0.4) is 0 Å². The molecular formula is C18H29NO4. The average Bonchev–Trinajstić information content (AvgIpc) is 2.35. The molecular weight excluding hydrogens is 294 g/mol. The highest BCUT2D eigenvalue weighted by atomic mass is 16.5. The van der Waals surface area contributed by atoms with E-state index in [1.165, 1.54) is 7.11 Å². The van der Waals surface area contributed by atoms with E-state index in [-0.39, 0.29) is 22.7 Å². The second-order valence-corrected chi connectivity index (χ2v) is 7.78. The Balaban J connectivity index is 3.56. The molecule has 5 heteroatoms. The number of nitrogens with zero attached hydrogens (tertiary/aromatic N) is 1. The predicted molar refractivity (Wildman–Crippen MR) is 90.7 cm³/mol. The third-order valence-corrected chi connectivity index (χ3v) is 3.89. The molecule has 1 aliphatic carbocycles. The van der Waals surface area contributed by atoms with Gasteiger partial charge in [0.15, 0.2) is 5.78 Å². The van der Waals surface area contributed by atoms with Crippen LogP contribution in [0.25, 0.3) is 0 Å². The lowest BCUT2D eigenvalue weighted by atomic mass is 9.67. The van der Waals surface area contributed by atoms with Crippen molar-refractivity contribution in [2.45, 2.75) is 66.3 Å². The first kappa shape index (κ1) is 19.4. The molecule has 1 rings (SSSR count). The minimum Gasteiger partial charge on any atom is -0.511 e. The number of aliphatic hydroxyl groups excluding tert-OH is 1.